The highest BCUT2D eigenvalue weighted by atomic mass is 19.1. The molecule has 102 valence electrons. The van der Waals surface area contributed by atoms with Crippen LogP contribution in [-0.2, 0) is 6.54 Å². The number of nitrogens with zero attached hydrogens (tertiary/aromatic N) is 4. The molecule has 7 heteroatoms. The summed E-state index contributed by atoms with van der Waals surface area (Å²) in [6, 6.07) is 4.51. The Kier molecular flexibility index (Phi) is 4.40. The van der Waals surface area contributed by atoms with Gasteiger partial charge in [0, 0.05) is 6.07 Å². The number of hydrogen-bond donors (Lipinski definition) is 1. The van der Waals surface area contributed by atoms with Gasteiger partial charge in [-0.25, -0.2) is 4.39 Å². The van der Waals surface area contributed by atoms with Crippen LogP contribution >= 0.6 is 0 Å². The van der Waals surface area contributed by atoms with Gasteiger partial charge in [-0.2, -0.15) is 4.68 Å². The second kappa shape index (κ2) is 6.24. The lowest BCUT2D eigenvalue weighted by Crippen LogP contribution is -2.17. The van der Waals surface area contributed by atoms with Gasteiger partial charge in [-0.1, -0.05) is 6.92 Å². The molecule has 19 heavy (non-hydrogen) atoms. The van der Waals surface area contributed by atoms with E-state index in [9.17, 15) is 4.39 Å². The quantitative estimate of drug-likeness (QED) is 0.798. The maximum absolute atomic E-state index is 13.4. The Bertz CT molecular complexity index is 543. The third kappa shape index (κ3) is 3.05. The fourth-order valence-corrected chi connectivity index (χ4v) is 1.67. The van der Waals surface area contributed by atoms with Crippen molar-refractivity contribution < 1.29 is 9.13 Å². The average Bonchev–Trinajstić information content (AvgIpc) is 2.88. The predicted molar refractivity (Wildman–Crippen MR) is 67.7 cm³/mol. The van der Waals surface area contributed by atoms with E-state index < -0.39 is 5.82 Å². The maximum Gasteiger partial charge on any atom is 0.170 e. The van der Waals surface area contributed by atoms with Crippen molar-refractivity contribution in [1.82, 2.24) is 25.5 Å². The lowest BCUT2D eigenvalue weighted by atomic mass is 10.3. The van der Waals surface area contributed by atoms with Crippen LogP contribution < -0.4 is 10.1 Å². The van der Waals surface area contributed by atoms with Crippen LogP contribution in [0.3, 0.4) is 0 Å². The standard InChI is InChI=1S/C12H16FN5O/c1-3-6-14-8-12-15-16-17-18(12)9-4-5-10(13)11(7-9)19-2/h4-5,7,14H,3,6,8H2,1-2H3. The van der Waals surface area contributed by atoms with Gasteiger partial charge in [0.25, 0.3) is 0 Å². The Labute approximate surface area is 110 Å². The van der Waals surface area contributed by atoms with Crippen LogP contribution in [-0.4, -0.2) is 33.9 Å². The molecule has 1 N–H and O–H groups in total. The molecule has 0 atom stereocenters. The molecule has 0 saturated carbocycles. The first-order chi connectivity index (χ1) is 9.26. The highest BCUT2D eigenvalue weighted by molar-refractivity contribution is 5.39. The van der Waals surface area contributed by atoms with Gasteiger partial charge in [-0.05, 0) is 35.5 Å². The Morgan fingerprint density at radius 1 is 1.42 bits per heavy atom. The molecular formula is C12H16FN5O. The molecule has 0 radical (unpaired) electrons. The molecule has 1 heterocycles. The van der Waals surface area contributed by atoms with Gasteiger partial charge in [-0.3, -0.25) is 0 Å². The summed E-state index contributed by atoms with van der Waals surface area (Å²) in [5.41, 5.74) is 0.663. The highest BCUT2D eigenvalue weighted by Crippen LogP contribution is 2.20. The fourth-order valence-electron chi connectivity index (χ4n) is 1.67. The van der Waals surface area contributed by atoms with E-state index in [1.54, 1.807) is 16.8 Å². The SMILES string of the molecule is CCCNCc1nnnn1-c1ccc(F)c(OC)c1. The summed E-state index contributed by atoms with van der Waals surface area (Å²) in [4.78, 5) is 0. The number of aromatic nitrogens is 4. The summed E-state index contributed by atoms with van der Waals surface area (Å²) < 4.78 is 19.9. The number of halogens is 1. The smallest absolute Gasteiger partial charge is 0.170 e. The van der Waals surface area contributed by atoms with Gasteiger partial charge < -0.3 is 10.1 Å². The van der Waals surface area contributed by atoms with Gasteiger partial charge >= 0.3 is 0 Å². The minimum absolute atomic E-state index is 0.167. The van der Waals surface area contributed by atoms with E-state index in [1.807, 2.05) is 0 Å². The zero-order chi connectivity index (χ0) is 13.7. The molecule has 0 spiro atoms. The molecule has 0 saturated heterocycles. The molecule has 0 aliphatic heterocycles. The predicted octanol–water partition coefficient (Wildman–Crippen LogP) is 1.31. The first-order valence-corrected chi connectivity index (χ1v) is 6.08. The van der Waals surface area contributed by atoms with Crippen molar-refractivity contribution in [1.29, 1.82) is 0 Å². The largest absolute Gasteiger partial charge is 0.494 e. The number of hydrogen-bond acceptors (Lipinski definition) is 5. The summed E-state index contributed by atoms with van der Waals surface area (Å²) in [5, 5.41) is 14.7. The minimum Gasteiger partial charge on any atom is -0.494 e. The monoisotopic (exact) mass is 265 g/mol. The van der Waals surface area contributed by atoms with E-state index in [4.69, 9.17) is 4.74 Å². The Morgan fingerprint density at radius 2 is 2.26 bits per heavy atom. The molecule has 0 unspecified atom stereocenters. The second-order valence-corrected chi connectivity index (χ2v) is 4.00. The van der Waals surface area contributed by atoms with Crippen molar-refractivity contribution in [3.05, 3.63) is 29.8 Å². The molecule has 1 aromatic carbocycles. The van der Waals surface area contributed by atoms with Crippen LogP contribution in [0, 0.1) is 5.82 Å². The molecule has 0 aliphatic rings. The molecule has 2 aromatic rings. The normalized spacial score (nSPS) is 10.7. The molecular weight excluding hydrogens is 249 g/mol. The highest BCUT2D eigenvalue weighted by Gasteiger charge is 2.10. The molecule has 0 fully saturated rings. The molecule has 0 aliphatic carbocycles. The summed E-state index contributed by atoms with van der Waals surface area (Å²) in [6.45, 7) is 3.53. The van der Waals surface area contributed by atoms with Crippen molar-refractivity contribution in [3.8, 4) is 11.4 Å². The van der Waals surface area contributed by atoms with Crippen LogP contribution in [0.4, 0.5) is 4.39 Å². The Balaban J connectivity index is 2.24. The van der Waals surface area contributed by atoms with Gasteiger partial charge in [-0.15, -0.1) is 5.10 Å². The van der Waals surface area contributed by atoms with Crippen LogP contribution in [0.2, 0.25) is 0 Å². The Morgan fingerprint density at radius 3 is 3.00 bits per heavy atom. The lowest BCUT2D eigenvalue weighted by molar-refractivity contribution is 0.386. The zero-order valence-electron chi connectivity index (χ0n) is 10.9. The average molecular weight is 265 g/mol. The van der Waals surface area contributed by atoms with Gasteiger partial charge in [0.2, 0.25) is 0 Å². The first kappa shape index (κ1) is 13.4. The van der Waals surface area contributed by atoms with E-state index in [-0.39, 0.29) is 5.75 Å². The number of nitrogens with one attached hydrogen (secondary N) is 1. The first-order valence-electron chi connectivity index (χ1n) is 6.08. The third-order valence-electron chi connectivity index (χ3n) is 2.62. The van der Waals surface area contributed by atoms with Crippen LogP contribution in [0.1, 0.15) is 19.2 Å². The number of methoxy groups -OCH3 is 1. The Hall–Kier alpha value is -2.02. The lowest BCUT2D eigenvalue weighted by Gasteiger charge is -2.07. The molecule has 2 rings (SSSR count). The van der Waals surface area contributed by atoms with Crippen molar-refractivity contribution in [2.75, 3.05) is 13.7 Å². The van der Waals surface area contributed by atoms with Gasteiger partial charge in [0.1, 0.15) is 0 Å². The zero-order valence-corrected chi connectivity index (χ0v) is 10.9. The number of tetrazole rings is 1. The van der Waals surface area contributed by atoms with E-state index in [0.717, 1.165) is 13.0 Å². The van der Waals surface area contributed by atoms with Crippen LogP contribution in [0.5, 0.6) is 5.75 Å². The summed E-state index contributed by atoms with van der Waals surface area (Å²) >= 11 is 0. The molecule has 6 nitrogen and oxygen atoms in total. The summed E-state index contributed by atoms with van der Waals surface area (Å²) in [7, 11) is 1.42. The van der Waals surface area contributed by atoms with E-state index in [1.165, 1.54) is 13.2 Å². The fraction of sp³-hybridized carbons (Fsp3) is 0.417. The van der Waals surface area contributed by atoms with Gasteiger partial charge in [0.15, 0.2) is 17.4 Å². The number of benzene rings is 1. The number of rotatable bonds is 6. The van der Waals surface area contributed by atoms with Crippen molar-refractivity contribution in [3.63, 3.8) is 0 Å². The van der Waals surface area contributed by atoms with E-state index in [2.05, 4.69) is 27.8 Å². The van der Waals surface area contributed by atoms with Crippen molar-refractivity contribution >= 4 is 0 Å². The molecule has 0 amide bonds. The summed E-state index contributed by atoms with van der Waals surface area (Å²) in [6.07, 6.45) is 1.03. The third-order valence-corrected chi connectivity index (χ3v) is 2.62. The van der Waals surface area contributed by atoms with Crippen LogP contribution in [0.25, 0.3) is 5.69 Å². The second-order valence-electron chi connectivity index (χ2n) is 4.00. The molecule has 0 bridgehead atoms. The maximum atomic E-state index is 13.4. The molecule has 1 aromatic heterocycles. The van der Waals surface area contributed by atoms with Crippen molar-refractivity contribution in [2.24, 2.45) is 0 Å². The number of ether oxygens (including phenoxy) is 1. The van der Waals surface area contributed by atoms with Crippen molar-refractivity contribution in [2.45, 2.75) is 19.9 Å². The van der Waals surface area contributed by atoms with E-state index in [0.29, 0.717) is 18.1 Å². The van der Waals surface area contributed by atoms with Gasteiger partial charge in [0.05, 0.1) is 19.3 Å². The van der Waals surface area contributed by atoms with E-state index >= 15 is 0 Å². The topological polar surface area (TPSA) is 64.9 Å². The summed E-state index contributed by atoms with van der Waals surface area (Å²) in [5.74, 6) is 0.424. The van der Waals surface area contributed by atoms with Crippen LogP contribution in [0.15, 0.2) is 18.2 Å². The minimum atomic E-state index is -0.412.